The molecule has 0 aliphatic heterocycles. The van der Waals surface area contributed by atoms with Gasteiger partial charge in [0.05, 0.1) is 59.4 Å². The normalized spacial score (nSPS) is 11.2. The quantitative estimate of drug-likeness (QED) is 0.145. The molecule has 0 saturated heterocycles. The van der Waals surface area contributed by atoms with Crippen molar-refractivity contribution in [1.82, 2.24) is 44.8 Å². The van der Waals surface area contributed by atoms with Gasteiger partial charge in [0.15, 0.2) is 0 Å². The number of hydrogen-bond donors (Lipinski definition) is 1. The fourth-order valence-electron chi connectivity index (χ4n) is 5.45. The molecule has 6 rings (SSSR count). The van der Waals surface area contributed by atoms with Crippen molar-refractivity contribution in [2.24, 2.45) is 14.1 Å². The van der Waals surface area contributed by atoms with E-state index in [1.54, 1.807) is 36.0 Å². The third-order valence-electron chi connectivity index (χ3n) is 7.83. The second-order valence-electron chi connectivity index (χ2n) is 11.2. The molecule has 246 valence electrons. The van der Waals surface area contributed by atoms with Gasteiger partial charge in [-0.15, -0.1) is 0 Å². The molecule has 1 N–H and O–H groups in total. The molecule has 0 spiro atoms. The van der Waals surface area contributed by atoms with E-state index < -0.39 is 0 Å². The molecule has 2 aromatic carbocycles. The molecule has 0 unspecified atom stereocenters. The van der Waals surface area contributed by atoms with Crippen molar-refractivity contribution in [3.05, 3.63) is 106 Å². The van der Waals surface area contributed by atoms with Crippen LogP contribution in [0.15, 0.2) is 73.3 Å². The van der Waals surface area contributed by atoms with Gasteiger partial charge in [0.25, 0.3) is 0 Å². The smallest absolute Gasteiger partial charge is 0.237 e. The Balaban J connectivity index is 1.22. The molecule has 0 amide bonds. The van der Waals surface area contributed by atoms with Gasteiger partial charge in [0.1, 0.15) is 11.4 Å². The van der Waals surface area contributed by atoms with Crippen molar-refractivity contribution >= 4 is 23.2 Å². The van der Waals surface area contributed by atoms with Gasteiger partial charge in [-0.05, 0) is 31.4 Å². The van der Waals surface area contributed by atoms with E-state index in [1.807, 2.05) is 75.0 Å². The van der Waals surface area contributed by atoms with Gasteiger partial charge in [-0.25, -0.2) is 9.97 Å². The number of methoxy groups -OCH3 is 2. The Morgan fingerprint density at radius 2 is 1.17 bits per heavy atom. The number of benzene rings is 2. The Morgan fingerprint density at radius 3 is 1.71 bits per heavy atom. The summed E-state index contributed by atoms with van der Waals surface area (Å²) >= 11 is 14.1. The zero-order valence-electron chi connectivity index (χ0n) is 27.1. The van der Waals surface area contributed by atoms with Gasteiger partial charge in [-0.3, -0.25) is 19.3 Å². The second-order valence-corrected chi connectivity index (χ2v) is 11.9. The number of nitrogens with one attached hydrogen (secondary N) is 1. The minimum absolute atomic E-state index is 0.412. The van der Waals surface area contributed by atoms with Gasteiger partial charge < -0.3 is 14.8 Å². The summed E-state index contributed by atoms with van der Waals surface area (Å²) in [6.07, 6.45) is 9.70. The van der Waals surface area contributed by atoms with Gasteiger partial charge in [0, 0.05) is 61.8 Å². The van der Waals surface area contributed by atoms with Crippen LogP contribution in [0.5, 0.6) is 11.8 Å². The standard InChI is InChI=1S/C35H35Cl2N9O2/c1-45-16-14-22(43-45)8-5-13-28-34(47-3)41-29(20-39-28)26-11-6-9-24(32(26)36)25-10-7-12-27(33(25)37)30-21-40-31(35(42-30)48-4)19-38-18-23-15-17-46(2)44-23/h6-7,9-12,14-17,20-21,38H,5,8,13,18-19H2,1-4H3. The van der Waals surface area contributed by atoms with Gasteiger partial charge in [0.2, 0.25) is 11.8 Å². The van der Waals surface area contributed by atoms with E-state index >= 15 is 0 Å². The lowest BCUT2D eigenvalue weighted by molar-refractivity contribution is 0.387. The first-order chi connectivity index (χ1) is 23.3. The number of hydrogen-bond acceptors (Lipinski definition) is 9. The topological polar surface area (TPSA) is 118 Å². The summed E-state index contributed by atoms with van der Waals surface area (Å²) in [6, 6.07) is 15.5. The van der Waals surface area contributed by atoms with Gasteiger partial charge in [-0.1, -0.05) is 59.6 Å². The number of ether oxygens (including phenoxy) is 2. The van der Waals surface area contributed by atoms with Crippen LogP contribution in [0, 0.1) is 0 Å². The maximum absolute atomic E-state index is 7.06. The van der Waals surface area contributed by atoms with E-state index in [4.69, 9.17) is 47.6 Å². The summed E-state index contributed by atoms with van der Waals surface area (Å²) in [7, 11) is 6.98. The number of aryl methyl sites for hydroxylation is 4. The van der Waals surface area contributed by atoms with Crippen LogP contribution in [0.2, 0.25) is 10.0 Å². The highest BCUT2D eigenvalue weighted by Crippen LogP contribution is 2.42. The maximum atomic E-state index is 7.06. The number of nitrogens with zero attached hydrogens (tertiary/aromatic N) is 8. The van der Waals surface area contributed by atoms with Crippen LogP contribution in [0.3, 0.4) is 0 Å². The summed E-state index contributed by atoms with van der Waals surface area (Å²) < 4.78 is 14.8. The minimum atomic E-state index is 0.412. The first-order valence-electron chi connectivity index (χ1n) is 15.4. The lowest BCUT2D eigenvalue weighted by Gasteiger charge is -2.15. The van der Waals surface area contributed by atoms with Gasteiger partial charge in [-0.2, -0.15) is 10.2 Å². The fraction of sp³-hybridized carbons (Fsp3) is 0.257. The van der Waals surface area contributed by atoms with Crippen molar-refractivity contribution in [2.45, 2.75) is 32.4 Å². The molecule has 48 heavy (non-hydrogen) atoms. The summed E-state index contributed by atoms with van der Waals surface area (Å²) in [5.74, 6) is 0.883. The predicted molar refractivity (Wildman–Crippen MR) is 186 cm³/mol. The first-order valence-corrected chi connectivity index (χ1v) is 16.2. The molecule has 11 nitrogen and oxygen atoms in total. The van der Waals surface area contributed by atoms with Crippen LogP contribution in [0.25, 0.3) is 33.6 Å². The van der Waals surface area contributed by atoms with E-state index in [2.05, 4.69) is 20.5 Å². The molecule has 0 radical (unpaired) electrons. The Bertz CT molecular complexity index is 1900. The Labute approximate surface area is 288 Å². The number of rotatable bonds is 13. The van der Waals surface area contributed by atoms with Crippen molar-refractivity contribution in [3.63, 3.8) is 0 Å². The average molecular weight is 685 g/mol. The van der Waals surface area contributed by atoms with Crippen molar-refractivity contribution in [2.75, 3.05) is 14.2 Å². The van der Waals surface area contributed by atoms with E-state index in [0.717, 1.165) is 41.1 Å². The molecule has 0 fully saturated rings. The zero-order chi connectivity index (χ0) is 33.6. The maximum Gasteiger partial charge on any atom is 0.237 e. The van der Waals surface area contributed by atoms with Crippen LogP contribution < -0.4 is 14.8 Å². The molecular formula is C35H35Cl2N9O2. The molecule has 0 bridgehead atoms. The number of aromatic nitrogens is 8. The van der Waals surface area contributed by atoms with E-state index in [0.29, 0.717) is 69.5 Å². The summed E-state index contributed by atoms with van der Waals surface area (Å²) in [6.45, 7) is 1.05. The monoisotopic (exact) mass is 683 g/mol. The Kier molecular flexibility index (Phi) is 10.3. The predicted octanol–water partition coefficient (Wildman–Crippen LogP) is 6.52. The van der Waals surface area contributed by atoms with Crippen LogP contribution in [-0.2, 0) is 40.0 Å². The summed E-state index contributed by atoms with van der Waals surface area (Å²) in [5, 5.41) is 13.2. The summed E-state index contributed by atoms with van der Waals surface area (Å²) in [5.41, 5.74) is 7.52. The fourth-order valence-corrected chi connectivity index (χ4v) is 6.10. The highest BCUT2D eigenvalue weighted by atomic mass is 35.5. The molecule has 0 saturated carbocycles. The van der Waals surface area contributed by atoms with Crippen molar-refractivity contribution < 1.29 is 9.47 Å². The third-order valence-corrected chi connectivity index (χ3v) is 8.65. The van der Waals surface area contributed by atoms with Crippen LogP contribution in [0.1, 0.15) is 29.2 Å². The van der Waals surface area contributed by atoms with Gasteiger partial charge >= 0.3 is 0 Å². The SMILES string of the molecule is COc1nc(-c2cccc(-c3cccc(-c4cnc(CNCc5ccn(C)n5)c(OC)n4)c3Cl)c2Cl)cnc1CCCc1ccn(C)n1. The Morgan fingerprint density at radius 1 is 0.646 bits per heavy atom. The highest BCUT2D eigenvalue weighted by Gasteiger charge is 2.19. The van der Waals surface area contributed by atoms with Crippen LogP contribution >= 0.6 is 23.2 Å². The van der Waals surface area contributed by atoms with Crippen LogP contribution in [0.4, 0.5) is 0 Å². The third kappa shape index (κ3) is 7.33. The molecule has 4 aromatic heterocycles. The molecule has 13 heteroatoms. The van der Waals surface area contributed by atoms with Crippen molar-refractivity contribution in [3.8, 4) is 45.4 Å². The molecule has 0 aliphatic rings. The number of halogens is 2. The van der Waals surface area contributed by atoms with Crippen molar-refractivity contribution in [1.29, 1.82) is 0 Å². The van der Waals surface area contributed by atoms with E-state index in [1.165, 1.54) is 0 Å². The van der Waals surface area contributed by atoms with E-state index in [-0.39, 0.29) is 0 Å². The average Bonchev–Trinajstić information content (AvgIpc) is 3.72. The lowest BCUT2D eigenvalue weighted by atomic mass is 9.98. The molecule has 6 aromatic rings. The second kappa shape index (κ2) is 14.9. The minimum Gasteiger partial charge on any atom is -0.480 e. The molecule has 0 aliphatic carbocycles. The lowest BCUT2D eigenvalue weighted by Crippen LogP contribution is -2.15. The molecule has 4 heterocycles. The van der Waals surface area contributed by atoms with Crippen LogP contribution in [-0.4, -0.2) is 53.7 Å². The summed E-state index contributed by atoms with van der Waals surface area (Å²) in [4.78, 5) is 18.9. The Hall–Kier alpha value is -4.84. The zero-order valence-corrected chi connectivity index (χ0v) is 28.6. The van der Waals surface area contributed by atoms with E-state index in [9.17, 15) is 0 Å². The highest BCUT2D eigenvalue weighted by molar-refractivity contribution is 6.39. The first kappa shape index (κ1) is 33.1. The molecule has 0 atom stereocenters. The largest absolute Gasteiger partial charge is 0.480 e. The molecular weight excluding hydrogens is 649 g/mol.